The molecule has 7 heteroatoms. The molecule has 0 bridgehead atoms. The Kier molecular flexibility index (Phi) is 12.5. The maximum Gasteiger partial charge on any atom is 0.306 e. The van der Waals surface area contributed by atoms with E-state index in [1.807, 2.05) is 34.7 Å². The van der Waals surface area contributed by atoms with Gasteiger partial charge in [0.05, 0.1) is 0 Å². The van der Waals surface area contributed by atoms with E-state index in [-0.39, 0.29) is 29.7 Å². The first-order chi connectivity index (χ1) is 15.7. The summed E-state index contributed by atoms with van der Waals surface area (Å²) in [4.78, 5) is 24.4. The third kappa shape index (κ3) is 11.0. The maximum atomic E-state index is 12.3. The number of carbonyl (C=O) groups is 2. The van der Waals surface area contributed by atoms with E-state index in [2.05, 4.69) is 26.1 Å². The lowest BCUT2D eigenvalue weighted by atomic mass is 9.80. The average Bonchev–Trinajstić information content (AvgIpc) is 2.72. The summed E-state index contributed by atoms with van der Waals surface area (Å²) in [7, 11) is 1.93. The Labute approximate surface area is 208 Å². The Morgan fingerprint density at radius 1 is 0.971 bits per heavy atom. The number of hydrogen-bond acceptors (Lipinski definition) is 7. The van der Waals surface area contributed by atoms with E-state index in [1.54, 1.807) is 0 Å². The molecule has 1 heterocycles. The van der Waals surface area contributed by atoms with Crippen LogP contribution in [-0.4, -0.2) is 58.1 Å². The van der Waals surface area contributed by atoms with E-state index >= 15 is 0 Å². The van der Waals surface area contributed by atoms with Crippen molar-refractivity contribution in [2.24, 2.45) is 0 Å². The lowest BCUT2D eigenvalue weighted by Gasteiger charge is -2.50. The number of piperidine rings is 1. The minimum absolute atomic E-state index is 0.0389. The Hall–Kier alpha value is -1.18. The number of unbranched alkanes of at least 4 members (excludes halogenated alkanes) is 5. The van der Waals surface area contributed by atoms with Gasteiger partial charge in [-0.1, -0.05) is 32.6 Å². The summed E-state index contributed by atoms with van der Waals surface area (Å²) in [5, 5.41) is 15.0. The number of esters is 2. The van der Waals surface area contributed by atoms with Crippen molar-refractivity contribution >= 4 is 11.9 Å². The number of ether oxygens (including phenoxy) is 2. The van der Waals surface area contributed by atoms with E-state index in [9.17, 15) is 14.8 Å². The van der Waals surface area contributed by atoms with Crippen molar-refractivity contribution in [1.82, 2.24) is 10.4 Å². The average molecular weight is 485 g/mol. The number of nitrogens with one attached hydrogen (secondary N) is 1. The summed E-state index contributed by atoms with van der Waals surface area (Å²) in [5.41, 5.74) is -0.878. The molecule has 0 radical (unpaired) electrons. The molecular weight excluding hydrogens is 432 g/mol. The number of nitrogens with zero attached hydrogens (tertiary/aromatic N) is 1. The largest absolute Gasteiger partial charge is 0.462 e. The van der Waals surface area contributed by atoms with Gasteiger partial charge in [-0.2, -0.15) is 5.06 Å². The number of hydroxylamine groups is 2. The Balaban J connectivity index is 2.13. The lowest BCUT2D eigenvalue weighted by Crippen LogP contribution is -2.60. The van der Waals surface area contributed by atoms with E-state index in [1.165, 1.54) is 5.06 Å². The van der Waals surface area contributed by atoms with Crippen LogP contribution in [-0.2, 0) is 19.1 Å². The molecule has 0 aromatic carbocycles. The molecule has 200 valence electrons. The van der Waals surface area contributed by atoms with Crippen molar-refractivity contribution in [2.75, 3.05) is 7.05 Å². The van der Waals surface area contributed by atoms with Gasteiger partial charge in [0.15, 0.2) is 0 Å². The fraction of sp³-hybridized carbons (Fsp3) is 0.926. The zero-order valence-electron chi connectivity index (χ0n) is 23.2. The van der Waals surface area contributed by atoms with Crippen molar-refractivity contribution in [3.8, 4) is 0 Å². The molecule has 34 heavy (non-hydrogen) atoms. The Morgan fingerprint density at radius 3 is 1.91 bits per heavy atom. The second-order valence-corrected chi connectivity index (χ2v) is 11.9. The highest BCUT2D eigenvalue weighted by atomic mass is 16.6. The number of carbonyl (C=O) groups excluding carboxylic acids is 2. The van der Waals surface area contributed by atoms with Crippen molar-refractivity contribution in [2.45, 2.75) is 154 Å². The minimum atomic E-state index is -0.417. The Morgan fingerprint density at radius 2 is 1.44 bits per heavy atom. The van der Waals surface area contributed by atoms with Gasteiger partial charge in [0, 0.05) is 48.7 Å². The maximum absolute atomic E-state index is 12.3. The van der Waals surface area contributed by atoms with Gasteiger partial charge in [-0.3, -0.25) is 9.59 Å². The second kappa shape index (κ2) is 13.8. The molecule has 0 saturated carbocycles. The van der Waals surface area contributed by atoms with Crippen LogP contribution in [0.1, 0.15) is 126 Å². The summed E-state index contributed by atoms with van der Waals surface area (Å²) in [6.07, 6.45) is 9.40. The third-order valence-electron chi connectivity index (χ3n) is 7.08. The summed E-state index contributed by atoms with van der Waals surface area (Å²) < 4.78 is 11.4. The van der Waals surface area contributed by atoms with Gasteiger partial charge in [0.25, 0.3) is 0 Å². The van der Waals surface area contributed by atoms with E-state index in [0.29, 0.717) is 25.7 Å². The van der Waals surface area contributed by atoms with Crippen LogP contribution in [0, 0.1) is 0 Å². The van der Waals surface area contributed by atoms with Crippen LogP contribution in [0.5, 0.6) is 0 Å². The van der Waals surface area contributed by atoms with Gasteiger partial charge in [-0.05, 0) is 67.9 Å². The summed E-state index contributed by atoms with van der Waals surface area (Å²) in [6.45, 7) is 14.2. The molecular formula is C27H52N2O5. The lowest BCUT2D eigenvalue weighted by molar-refractivity contribution is -0.259. The fourth-order valence-corrected chi connectivity index (χ4v) is 4.94. The normalized spacial score (nSPS) is 19.6. The second-order valence-electron chi connectivity index (χ2n) is 11.9. The SMILES string of the molecule is CCC(CC(C)(C)NC)OC(=O)CCCCCCCCC(=O)OC1CC(C)(C)N(O)C(C)(C)C1. The quantitative estimate of drug-likeness (QED) is 0.225. The first-order valence-electron chi connectivity index (χ1n) is 13.3. The number of rotatable bonds is 15. The van der Waals surface area contributed by atoms with Crippen LogP contribution in [0.2, 0.25) is 0 Å². The van der Waals surface area contributed by atoms with E-state index < -0.39 is 11.1 Å². The molecule has 1 unspecified atom stereocenters. The van der Waals surface area contributed by atoms with E-state index in [4.69, 9.17) is 9.47 Å². The molecule has 1 atom stereocenters. The smallest absolute Gasteiger partial charge is 0.306 e. The molecule has 0 spiro atoms. The van der Waals surface area contributed by atoms with Gasteiger partial charge in [-0.15, -0.1) is 0 Å². The van der Waals surface area contributed by atoms with Crippen LogP contribution < -0.4 is 5.32 Å². The topological polar surface area (TPSA) is 88.1 Å². The molecule has 1 aliphatic rings. The van der Waals surface area contributed by atoms with Crippen molar-refractivity contribution in [3.05, 3.63) is 0 Å². The first-order valence-corrected chi connectivity index (χ1v) is 13.3. The Bertz CT molecular complexity index is 615. The summed E-state index contributed by atoms with van der Waals surface area (Å²) in [6, 6.07) is 0. The van der Waals surface area contributed by atoms with Gasteiger partial charge >= 0.3 is 11.9 Å². The zero-order valence-corrected chi connectivity index (χ0v) is 23.2. The van der Waals surface area contributed by atoms with E-state index in [0.717, 1.165) is 51.4 Å². The molecule has 2 N–H and O–H groups in total. The fourth-order valence-electron chi connectivity index (χ4n) is 4.94. The van der Waals surface area contributed by atoms with Crippen molar-refractivity contribution in [3.63, 3.8) is 0 Å². The van der Waals surface area contributed by atoms with Gasteiger partial charge in [0.2, 0.25) is 0 Å². The molecule has 1 fully saturated rings. The zero-order chi connectivity index (χ0) is 26.0. The van der Waals surface area contributed by atoms with Gasteiger partial charge in [-0.25, -0.2) is 0 Å². The summed E-state index contributed by atoms with van der Waals surface area (Å²) >= 11 is 0. The summed E-state index contributed by atoms with van der Waals surface area (Å²) in [5.74, 6) is -0.238. The molecule has 7 nitrogen and oxygen atoms in total. The van der Waals surface area contributed by atoms with Gasteiger partial charge < -0.3 is 20.0 Å². The minimum Gasteiger partial charge on any atom is -0.462 e. The predicted octanol–water partition coefficient (Wildman–Crippen LogP) is 5.77. The highest BCUT2D eigenvalue weighted by Crippen LogP contribution is 2.38. The van der Waals surface area contributed by atoms with Crippen LogP contribution in [0.15, 0.2) is 0 Å². The van der Waals surface area contributed by atoms with Crippen LogP contribution in [0.3, 0.4) is 0 Å². The molecule has 1 aliphatic heterocycles. The predicted molar refractivity (Wildman–Crippen MR) is 136 cm³/mol. The molecule has 1 saturated heterocycles. The number of hydrogen-bond donors (Lipinski definition) is 2. The van der Waals surface area contributed by atoms with Crippen LogP contribution in [0.25, 0.3) is 0 Å². The monoisotopic (exact) mass is 484 g/mol. The molecule has 1 rings (SSSR count). The third-order valence-corrected chi connectivity index (χ3v) is 7.08. The first kappa shape index (κ1) is 30.9. The van der Waals surface area contributed by atoms with Gasteiger partial charge in [0.1, 0.15) is 12.2 Å². The van der Waals surface area contributed by atoms with Crippen molar-refractivity contribution < 1.29 is 24.3 Å². The molecule has 0 amide bonds. The van der Waals surface area contributed by atoms with Crippen molar-refractivity contribution in [1.29, 1.82) is 0 Å². The van der Waals surface area contributed by atoms with Crippen LogP contribution >= 0.6 is 0 Å². The molecule has 0 aromatic heterocycles. The molecule has 0 aromatic rings. The highest BCUT2D eigenvalue weighted by molar-refractivity contribution is 5.69. The van der Waals surface area contributed by atoms with Crippen LogP contribution in [0.4, 0.5) is 0 Å². The standard InChI is InChI=1S/C27H52N2O5/c1-9-21(18-25(2,3)28-8)33-23(30)16-14-12-10-11-13-15-17-24(31)34-22-19-26(4,5)29(32)27(6,7)20-22/h21-22,28,32H,9-20H2,1-8H3. The highest BCUT2D eigenvalue weighted by Gasteiger charge is 2.46. The molecule has 0 aliphatic carbocycles.